The van der Waals surface area contributed by atoms with Gasteiger partial charge in [-0.1, -0.05) is 24.1 Å². The van der Waals surface area contributed by atoms with Crippen LogP contribution in [0.3, 0.4) is 0 Å². The van der Waals surface area contributed by atoms with Crippen molar-refractivity contribution in [1.82, 2.24) is 5.32 Å². The van der Waals surface area contributed by atoms with Crippen molar-refractivity contribution in [2.75, 3.05) is 40.1 Å². The molecule has 1 aromatic rings. The Morgan fingerprint density at radius 2 is 2.05 bits per heavy atom. The fraction of sp³-hybridized carbons (Fsp3) is 0.467. The number of hydrogen-bond donors (Lipinski definition) is 1. The Labute approximate surface area is 115 Å². The van der Waals surface area contributed by atoms with Crippen LogP contribution in [-0.2, 0) is 16.0 Å². The second-order valence-electron chi connectivity index (χ2n) is 3.88. The van der Waals surface area contributed by atoms with Gasteiger partial charge in [-0.2, -0.15) is 0 Å². The van der Waals surface area contributed by atoms with Gasteiger partial charge in [0.15, 0.2) is 0 Å². The van der Waals surface area contributed by atoms with Crippen LogP contribution >= 0.6 is 0 Å². The zero-order valence-electron chi connectivity index (χ0n) is 11.4. The summed E-state index contributed by atoms with van der Waals surface area (Å²) in [6, 6.07) is 7.85. The highest BCUT2D eigenvalue weighted by Gasteiger charge is 2.01. The normalized spacial score (nSPS) is 10.1. The highest BCUT2D eigenvalue weighted by atomic mass is 16.5. The van der Waals surface area contributed by atoms with E-state index in [4.69, 9.17) is 20.6 Å². The molecule has 4 nitrogen and oxygen atoms in total. The van der Waals surface area contributed by atoms with Gasteiger partial charge in [0.1, 0.15) is 12.4 Å². The van der Waals surface area contributed by atoms with E-state index in [9.17, 15) is 0 Å². The molecular formula is C15H21NO3. The summed E-state index contributed by atoms with van der Waals surface area (Å²) >= 11 is 0. The molecule has 0 aliphatic carbocycles. The van der Waals surface area contributed by atoms with Crippen LogP contribution in [0.25, 0.3) is 0 Å². The maximum atomic E-state index is 5.47. The molecule has 0 saturated heterocycles. The minimum atomic E-state index is 0.289. The molecule has 0 aromatic heterocycles. The van der Waals surface area contributed by atoms with Gasteiger partial charge in [0.05, 0.1) is 19.8 Å². The molecule has 0 aliphatic rings. The molecule has 0 saturated carbocycles. The van der Waals surface area contributed by atoms with Crippen molar-refractivity contribution in [2.45, 2.75) is 6.54 Å². The first-order valence-corrected chi connectivity index (χ1v) is 6.30. The topological polar surface area (TPSA) is 39.7 Å². The third kappa shape index (κ3) is 6.82. The van der Waals surface area contributed by atoms with Crippen LogP contribution in [0.1, 0.15) is 5.56 Å². The third-order valence-corrected chi connectivity index (χ3v) is 2.45. The predicted octanol–water partition coefficient (Wildman–Crippen LogP) is 1.45. The zero-order chi connectivity index (χ0) is 13.8. The van der Waals surface area contributed by atoms with Gasteiger partial charge >= 0.3 is 0 Å². The number of benzene rings is 1. The lowest BCUT2D eigenvalue weighted by Gasteiger charge is -2.10. The molecule has 0 radical (unpaired) electrons. The summed E-state index contributed by atoms with van der Waals surface area (Å²) < 4.78 is 15.7. The lowest BCUT2D eigenvalue weighted by atomic mass is 10.2. The summed E-state index contributed by atoms with van der Waals surface area (Å²) in [4.78, 5) is 0. The molecule has 0 heterocycles. The minimum Gasteiger partial charge on any atom is -0.481 e. The van der Waals surface area contributed by atoms with Crippen molar-refractivity contribution in [3.8, 4) is 18.1 Å². The van der Waals surface area contributed by atoms with E-state index in [0.717, 1.165) is 24.4 Å². The zero-order valence-corrected chi connectivity index (χ0v) is 11.4. The number of para-hydroxylation sites is 1. The largest absolute Gasteiger partial charge is 0.481 e. The summed E-state index contributed by atoms with van der Waals surface area (Å²) in [5.41, 5.74) is 1.09. The molecule has 4 heteroatoms. The molecule has 0 spiro atoms. The Bertz CT molecular complexity index is 387. The van der Waals surface area contributed by atoms with Crippen LogP contribution in [0, 0.1) is 12.3 Å². The first kappa shape index (κ1) is 15.5. The maximum Gasteiger partial charge on any atom is 0.148 e. The van der Waals surface area contributed by atoms with Crippen LogP contribution in [0.15, 0.2) is 24.3 Å². The summed E-state index contributed by atoms with van der Waals surface area (Å²) in [5, 5.41) is 3.30. The molecule has 0 amide bonds. The van der Waals surface area contributed by atoms with E-state index in [-0.39, 0.29) is 6.61 Å². The van der Waals surface area contributed by atoms with Crippen LogP contribution in [0.5, 0.6) is 5.75 Å². The molecule has 1 aromatic carbocycles. The average molecular weight is 263 g/mol. The molecule has 1 N–H and O–H groups in total. The van der Waals surface area contributed by atoms with Gasteiger partial charge in [0, 0.05) is 25.8 Å². The first-order valence-electron chi connectivity index (χ1n) is 6.30. The average Bonchev–Trinajstić information content (AvgIpc) is 2.45. The number of rotatable bonds is 10. The fourth-order valence-electron chi connectivity index (χ4n) is 1.52. The third-order valence-electron chi connectivity index (χ3n) is 2.45. The van der Waals surface area contributed by atoms with E-state index in [1.54, 1.807) is 7.11 Å². The smallest absolute Gasteiger partial charge is 0.148 e. The van der Waals surface area contributed by atoms with Gasteiger partial charge < -0.3 is 19.5 Å². The minimum absolute atomic E-state index is 0.289. The number of nitrogens with one attached hydrogen (secondary N) is 1. The Morgan fingerprint density at radius 3 is 2.84 bits per heavy atom. The number of methoxy groups -OCH3 is 1. The summed E-state index contributed by atoms with van der Waals surface area (Å²) in [5.74, 6) is 3.29. The van der Waals surface area contributed by atoms with Gasteiger partial charge in [-0.25, -0.2) is 0 Å². The number of hydrogen-bond acceptors (Lipinski definition) is 4. The summed E-state index contributed by atoms with van der Waals surface area (Å²) in [7, 11) is 1.66. The highest BCUT2D eigenvalue weighted by Crippen LogP contribution is 2.17. The van der Waals surface area contributed by atoms with Gasteiger partial charge in [-0.05, 0) is 6.07 Å². The van der Waals surface area contributed by atoms with Crippen molar-refractivity contribution in [2.24, 2.45) is 0 Å². The van der Waals surface area contributed by atoms with Crippen LogP contribution < -0.4 is 10.1 Å². The standard InChI is InChI=1S/C15H21NO3/c1-3-9-19-15-7-5-4-6-14(15)13-16-8-10-18-12-11-17-2/h1,4-7,16H,8-13H2,2H3. The maximum absolute atomic E-state index is 5.47. The molecule has 0 bridgehead atoms. The van der Waals surface area contributed by atoms with Crippen molar-refractivity contribution >= 4 is 0 Å². The molecule has 0 fully saturated rings. The van der Waals surface area contributed by atoms with E-state index in [2.05, 4.69) is 11.2 Å². The van der Waals surface area contributed by atoms with Gasteiger partial charge in [0.2, 0.25) is 0 Å². The predicted molar refractivity (Wildman–Crippen MR) is 75.2 cm³/mol. The molecular weight excluding hydrogens is 242 g/mol. The second kappa shape index (κ2) is 10.4. The van der Waals surface area contributed by atoms with E-state index in [1.165, 1.54) is 0 Å². The first-order chi connectivity index (χ1) is 9.38. The van der Waals surface area contributed by atoms with E-state index < -0.39 is 0 Å². The van der Waals surface area contributed by atoms with Crippen molar-refractivity contribution < 1.29 is 14.2 Å². The Hall–Kier alpha value is -1.54. The Balaban J connectivity index is 2.23. The SMILES string of the molecule is C#CCOc1ccccc1CNCCOCCOC. The highest BCUT2D eigenvalue weighted by molar-refractivity contribution is 5.33. The molecule has 0 unspecified atom stereocenters. The molecule has 0 aliphatic heterocycles. The van der Waals surface area contributed by atoms with Crippen molar-refractivity contribution in [3.63, 3.8) is 0 Å². The molecule has 104 valence electrons. The van der Waals surface area contributed by atoms with Crippen LogP contribution in [0.4, 0.5) is 0 Å². The molecule has 0 atom stereocenters. The lowest BCUT2D eigenvalue weighted by Crippen LogP contribution is -2.20. The summed E-state index contributed by atoms with van der Waals surface area (Å²) in [6.45, 7) is 3.72. The van der Waals surface area contributed by atoms with Crippen LogP contribution in [0.2, 0.25) is 0 Å². The summed E-state index contributed by atoms with van der Waals surface area (Å²) in [6.07, 6.45) is 5.19. The lowest BCUT2D eigenvalue weighted by molar-refractivity contribution is 0.0719. The van der Waals surface area contributed by atoms with E-state index >= 15 is 0 Å². The quantitative estimate of drug-likeness (QED) is 0.512. The monoisotopic (exact) mass is 263 g/mol. The van der Waals surface area contributed by atoms with E-state index in [0.29, 0.717) is 19.8 Å². The van der Waals surface area contributed by atoms with Crippen molar-refractivity contribution in [3.05, 3.63) is 29.8 Å². The molecule has 1 rings (SSSR count). The fourth-order valence-corrected chi connectivity index (χ4v) is 1.52. The van der Waals surface area contributed by atoms with E-state index in [1.807, 2.05) is 24.3 Å². The van der Waals surface area contributed by atoms with Gasteiger partial charge in [-0.15, -0.1) is 6.42 Å². The Kier molecular flexibility index (Phi) is 8.48. The van der Waals surface area contributed by atoms with Crippen LogP contribution in [-0.4, -0.2) is 40.1 Å². The Morgan fingerprint density at radius 1 is 1.21 bits per heavy atom. The number of terminal acetylenes is 1. The second-order valence-corrected chi connectivity index (χ2v) is 3.88. The number of ether oxygens (including phenoxy) is 3. The van der Waals surface area contributed by atoms with Gasteiger partial charge in [-0.3, -0.25) is 0 Å². The van der Waals surface area contributed by atoms with Gasteiger partial charge in [0.25, 0.3) is 0 Å². The van der Waals surface area contributed by atoms with Crippen molar-refractivity contribution in [1.29, 1.82) is 0 Å². The molecule has 19 heavy (non-hydrogen) atoms.